The molecule has 0 aliphatic rings. The molecule has 0 aliphatic carbocycles. The van der Waals surface area contributed by atoms with Gasteiger partial charge in [0.05, 0.1) is 10.6 Å². The second-order valence-corrected chi connectivity index (χ2v) is 3.10. The number of halogens is 1. The van der Waals surface area contributed by atoms with Crippen molar-refractivity contribution < 1.29 is 0 Å². The Morgan fingerprint density at radius 3 is 2.33 bits per heavy atom. The Balaban J connectivity index is 5.00. The predicted octanol–water partition coefficient (Wildman–Crippen LogP) is 3.40. The third-order valence-electron chi connectivity index (χ3n) is 1.50. The normalized spacial score (nSPS) is 11.9. The number of hydrogen-bond acceptors (Lipinski definition) is 1. The van der Waals surface area contributed by atoms with Gasteiger partial charge in [-0.3, -0.25) is 0 Å². The fourth-order valence-electron chi connectivity index (χ4n) is 0.802. The number of nitriles is 1. The lowest BCUT2D eigenvalue weighted by Crippen LogP contribution is -1.94. The van der Waals surface area contributed by atoms with Gasteiger partial charge < -0.3 is 0 Å². The fraction of sp³-hybridized carbons (Fsp3) is 0.300. The summed E-state index contributed by atoms with van der Waals surface area (Å²) in [5.41, 5.74) is 1.16. The second kappa shape index (κ2) is 4.79. The summed E-state index contributed by atoms with van der Waals surface area (Å²) < 4.78 is 0. The Labute approximate surface area is 78.7 Å². The van der Waals surface area contributed by atoms with Crippen molar-refractivity contribution in [1.29, 1.82) is 5.26 Å². The first-order valence-corrected chi connectivity index (χ1v) is 4.03. The molecule has 0 spiro atoms. The van der Waals surface area contributed by atoms with Gasteiger partial charge in [0.2, 0.25) is 0 Å². The lowest BCUT2D eigenvalue weighted by Gasteiger charge is -2.08. The smallest absolute Gasteiger partial charge is 0.100 e. The molecular weight excluding hydrogens is 170 g/mol. The van der Waals surface area contributed by atoms with Gasteiger partial charge in [0, 0.05) is 0 Å². The van der Waals surface area contributed by atoms with Crippen LogP contribution in [0.5, 0.6) is 0 Å². The Hall–Kier alpha value is -1.00. The molecule has 0 amide bonds. The third kappa shape index (κ3) is 2.56. The van der Waals surface area contributed by atoms with Gasteiger partial charge in [-0.1, -0.05) is 44.7 Å². The van der Waals surface area contributed by atoms with E-state index in [1.165, 1.54) is 0 Å². The molecule has 64 valence electrons. The standard InChI is InChI=1S/C10H12ClN/c1-5-9(7(2)3)10(11)8(4)6-12/h5,7H,1,4H2,2-3H3/b10-9-. The largest absolute Gasteiger partial charge is 0.192 e. The fourth-order valence-corrected chi connectivity index (χ4v) is 1.14. The van der Waals surface area contributed by atoms with Crippen LogP contribution < -0.4 is 0 Å². The van der Waals surface area contributed by atoms with Gasteiger partial charge in [-0.2, -0.15) is 5.26 Å². The summed E-state index contributed by atoms with van der Waals surface area (Å²) in [5, 5.41) is 8.95. The van der Waals surface area contributed by atoms with Gasteiger partial charge in [-0.15, -0.1) is 0 Å². The van der Waals surface area contributed by atoms with Gasteiger partial charge in [-0.25, -0.2) is 0 Å². The molecule has 0 aromatic heterocycles. The minimum absolute atomic E-state index is 0.264. The van der Waals surface area contributed by atoms with Crippen LogP contribution in [0.2, 0.25) is 0 Å². The minimum atomic E-state index is 0.264. The number of allylic oxidation sites excluding steroid dienone is 4. The topological polar surface area (TPSA) is 23.8 Å². The van der Waals surface area contributed by atoms with Crippen LogP contribution in [0.25, 0.3) is 0 Å². The molecule has 0 unspecified atom stereocenters. The van der Waals surface area contributed by atoms with Crippen molar-refractivity contribution in [2.75, 3.05) is 0 Å². The molecule has 0 saturated heterocycles. The molecule has 0 atom stereocenters. The van der Waals surface area contributed by atoms with Crippen LogP contribution in [-0.2, 0) is 0 Å². The molecule has 1 nitrogen and oxygen atoms in total. The van der Waals surface area contributed by atoms with E-state index in [1.54, 1.807) is 6.08 Å². The summed E-state index contributed by atoms with van der Waals surface area (Å²) in [6.45, 7) is 11.1. The summed E-state index contributed by atoms with van der Waals surface area (Å²) in [4.78, 5) is 0. The summed E-state index contributed by atoms with van der Waals surface area (Å²) >= 11 is 5.88. The van der Waals surface area contributed by atoms with E-state index in [2.05, 4.69) is 13.2 Å². The van der Waals surface area contributed by atoms with Crippen LogP contribution in [0.1, 0.15) is 13.8 Å². The SMILES string of the molecule is C=C/C(=C(/Cl)C(=C)C#N)C(C)C. The molecule has 0 aromatic rings. The molecule has 0 aliphatic heterocycles. The molecule has 12 heavy (non-hydrogen) atoms. The number of hydrogen-bond donors (Lipinski definition) is 0. The maximum Gasteiger partial charge on any atom is 0.100 e. The average Bonchev–Trinajstić information content (AvgIpc) is 2.03. The highest BCUT2D eigenvalue weighted by Gasteiger charge is 2.07. The molecule has 0 aromatic carbocycles. The summed E-state index contributed by atoms with van der Waals surface area (Å²) in [5.74, 6) is 0.264. The monoisotopic (exact) mass is 181 g/mol. The summed E-state index contributed by atoms with van der Waals surface area (Å²) in [6.07, 6.45) is 1.66. The van der Waals surface area contributed by atoms with E-state index in [4.69, 9.17) is 16.9 Å². The van der Waals surface area contributed by atoms with E-state index in [1.807, 2.05) is 19.9 Å². The minimum Gasteiger partial charge on any atom is -0.192 e. The van der Waals surface area contributed by atoms with Crippen LogP contribution >= 0.6 is 11.6 Å². The van der Waals surface area contributed by atoms with Gasteiger partial charge >= 0.3 is 0 Å². The molecule has 0 bridgehead atoms. The zero-order valence-corrected chi connectivity index (χ0v) is 8.15. The van der Waals surface area contributed by atoms with E-state index < -0.39 is 0 Å². The van der Waals surface area contributed by atoms with Gasteiger partial charge in [0.15, 0.2) is 0 Å². The maximum absolute atomic E-state index is 8.53. The Kier molecular flexibility index (Phi) is 4.39. The van der Waals surface area contributed by atoms with Crippen molar-refractivity contribution in [3.8, 4) is 6.07 Å². The average molecular weight is 182 g/mol. The number of rotatable bonds is 3. The molecule has 0 fully saturated rings. The van der Waals surface area contributed by atoms with Crippen LogP contribution in [0.4, 0.5) is 0 Å². The lowest BCUT2D eigenvalue weighted by molar-refractivity contribution is 0.789. The van der Waals surface area contributed by atoms with Crippen molar-refractivity contribution in [2.45, 2.75) is 13.8 Å². The Bertz CT molecular complexity index is 266. The van der Waals surface area contributed by atoms with Crippen LogP contribution in [0.3, 0.4) is 0 Å². The van der Waals surface area contributed by atoms with Crippen molar-refractivity contribution in [3.63, 3.8) is 0 Å². The Morgan fingerprint density at radius 2 is 2.08 bits per heavy atom. The molecule has 0 radical (unpaired) electrons. The van der Waals surface area contributed by atoms with Gasteiger partial charge in [-0.05, 0) is 11.5 Å². The molecule has 0 rings (SSSR count). The van der Waals surface area contributed by atoms with Crippen molar-refractivity contribution in [2.24, 2.45) is 5.92 Å². The highest BCUT2D eigenvalue weighted by molar-refractivity contribution is 6.33. The van der Waals surface area contributed by atoms with Crippen LogP contribution in [0.15, 0.2) is 35.4 Å². The maximum atomic E-state index is 8.53. The molecule has 0 heterocycles. The lowest BCUT2D eigenvalue weighted by atomic mass is 10.0. The molecular formula is C10H12ClN. The zero-order chi connectivity index (χ0) is 9.72. The van der Waals surface area contributed by atoms with E-state index in [0.717, 1.165) is 5.57 Å². The summed E-state index contributed by atoms with van der Waals surface area (Å²) in [6, 6.07) is 1.90. The molecule has 0 N–H and O–H groups in total. The zero-order valence-electron chi connectivity index (χ0n) is 7.39. The quantitative estimate of drug-likeness (QED) is 0.484. The van der Waals surface area contributed by atoms with E-state index in [9.17, 15) is 0 Å². The number of nitrogens with zero attached hydrogens (tertiary/aromatic N) is 1. The van der Waals surface area contributed by atoms with Crippen molar-refractivity contribution in [1.82, 2.24) is 0 Å². The van der Waals surface area contributed by atoms with Gasteiger partial charge in [0.25, 0.3) is 0 Å². The Morgan fingerprint density at radius 1 is 1.58 bits per heavy atom. The third-order valence-corrected chi connectivity index (χ3v) is 1.94. The van der Waals surface area contributed by atoms with E-state index in [-0.39, 0.29) is 5.92 Å². The second-order valence-electron chi connectivity index (χ2n) is 2.72. The molecule has 2 heteroatoms. The summed E-state index contributed by atoms with van der Waals surface area (Å²) in [7, 11) is 0. The molecule has 0 saturated carbocycles. The van der Waals surface area contributed by atoms with Crippen molar-refractivity contribution in [3.05, 3.63) is 35.4 Å². The highest BCUT2D eigenvalue weighted by atomic mass is 35.5. The first-order chi connectivity index (χ1) is 5.54. The van der Waals surface area contributed by atoms with E-state index >= 15 is 0 Å². The first kappa shape index (κ1) is 11.0. The van der Waals surface area contributed by atoms with Crippen molar-refractivity contribution >= 4 is 11.6 Å². The predicted molar refractivity (Wildman–Crippen MR) is 52.7 cm³/mol. The van der Waals surface area contributed by atoms with E-state index in [0.29, 0.717) is 10.6 Å². The highest BCUT2D eigenvalue weighted by Crippen LogP contribution is 2.23. The van der Waals surface area contributed by atoms with Crippen LogP contribution in [-0.4, -0.2) is 0 Å². The van der Waals surface area contributed by atoms with Crippen LogP contribution in [0, 0.1) is 17.2 Å². The van der Waals surface area contributed by atoms with Gasteiger partial charge in [0.1, 0.15) is 6.07 Å². The first-order valence-electron chi connectivity index (χ1n) is 3.66.